The smallest absolute Gasteiger partial charge is 0.328 e. The maximum Gasteiger partial charge on any atom is 0.328 e. The molecule has 0 radical (unpaired) electrons. The van der Waals surface area contributed by atoms with Crippen LogP contribution in [0.15, 0.2) is 30.5 Å². The Morgan fingerprint density at radius 2 is 1.54 bits per heavy atom. The van der Waals surface area contributed by atoms with Crippen LogP contribution in [-0.4, -0.2) is 80.2 Å². The van der Waals surface area contributed by atoms with Gasteiger partial charge in [0.05, 0.1) is 12.1 Å². The van der Waals surface area contributed by atoms with Gasteiger partial charge in [-0.2, -0.15) is 0 Å². The molecule has 1 aromatic heterocycles. The first kappa shape index (κ1) is 31.2. The van der Waals surface area contributed by atoms with E-state index in [4.69, 9.17) is 10.8 Å². The SMILES string of the molecule is CC(C)CC(N)C(=O)NC(Cc1c[nH]c2ccccc12)C(=O)NC(CCC(=O)O)C(=O)NC(C(=O)O)C(C)O. The third kappa shape index (κ3) is 9.37. The number of aromatic amines is 1. The van der Waals surface area contributed by atoms with Crippen LogP contribution in [0.4, 0.5) is 0 Å². The van der Waals surface area contributed by atoms with Gasteiger partial charge in [-0.3, -0.25) is 19.2 Å². The van der Waals surface area contributed by atoms with Crippen LogP contribution in [0.3, 0.4) is 0 Å². The molecule has 3 amide bonds. The van der Waals surface area contributed by atoms with E-state index in [-0.39, 0.29) is 18.8 Å². The van der Waals surface area contributed by atoms with Gasteiger partial charge in [0, 0.05) is 29.9 Å². The molecule has 214 valence electrons. The summed E-state index contributed by atoms with van der Waals surface area (Å²) >= 11 is 0. The molecule has 0 aliphatic heterocycles. The normalized spacial score (nSPS) is 15.1. The molecule has 0 saturated carbocycles. The molecule has 0 bridgehead atoms. The van der Waals surface area contributed by atoms with Crippen LogP contribution in [0.25, 0.3) is 10.9 Å². The number of rotatable bonds is 15. The third-order valence-corrected chi connectivity index (χ3v) is 6.12. The number of aliphatic hydroxyl groups excluding tert-OH is 1. The Bertz CT molecular complexity index is 1180. The number of carboxylic acid groups (broad SMARTS) is 2. The lowest BCUT2D eigenvalue weighted by Gasteiger charge is -2.26. The van der Waals surface area contributed by atoms with Crippen molar-refractivity contribution in [2.24, 2.45) is 11.7 Å². The number of amides is 3. The molecule has 1 heterocycles. The number of hydrogen-bond acceptors (Lipinski definition) is 7. The summed E-state index contributed by atoms with van der Waals surface area (Å²) in [5.74, 6) is -4.99. The van der Waals surface area contributed by atoms with Gasteiger partial charge >= 0.3 is 11.9 Å². The largest absolute Gasteiger partial charge is 0.481 e. The van der Waals surface area contributed by atoms with Crippen molar-refractivity contribution in [3.05, 3.63) is 36.0 Å². The number of carboxylic acids is 2. The highest BCUT2D eigenvalue weighted by molar-refractivity contribution is 5.95. The van der Waals surface area contributed by atoms with E-state index in [0.717, 1.165) is 17.8 Å². The molecule has 0 fully saturated rings. The van der Waals surface area contributed by atoms with Crippen LogP contribution in [0.2, 0.25) is 0 Å². The minimum atomic E-state index is -1.68. The number of nitrogens with one attached hydrogen (secondary N) is 4. The second-order valence-corrected chi connectivity index (χ2v) is 9.92. The Hall–Kier alpha value is -3.97. The summed E-state index contributed by atoms with van der Waals surface area (Å²) in [5.41, 5.74) is 7.53. The van der Waals surface area contributed by atoms with Gasteiger partial charge in [0.15, 0.2) is 6.04 Å². The monoisotopic (exact) mass is 547 g/mol. The molecule has 0 saturated heterocycles. The molecule has 1 aromatic carbocycles. The van der Waals surface area contributed by atoms with Crippen LogP contribution in [-0.2, 0) is 30.4 Å². The molecule has 39 heavy (non-hydrogen) atoms. The summed E-state index contributed by atoms with van der Waals surface area (Å²) in [6.45, 7) is 4.95. The second kappa shape index (κ2) is 14.3. The zero-order valence-corrected chi connectivity index (χ0v) is 22.1. The summed E-state index contributed by atoms with van der Waals surface area (Å²) in [6.07, 6.45) is -0.247. The Morgan fingerprint density at radius 3 is 2.13 bits per heavy atom. The quantitative estimate of drug-likeness (QED) is 0.148. The Morgan fingerprint density at radius 1 is 0.923 bits per heavy atom. The maximum absolute atomic E-state index is 13.4. The number of aliphatic carboxylic acids is 2. The molecule has 5 unspecified atom stereocenters. The van der Waals surface area contributed by atoms with Gasteiger partial charge in [0.2, 0.25) is 17.7 Å². The average Bonchev–Trinajstić information content (AvgIpc) is 3.26. The molecule has 0 aliphatic rings. The number of fused-ring (bicyclic) bond motifs is 1. The van der Waals surface area contributed by atoms with Gasteiger partial charge in [0.1, 0.15) is 12.1 Å². The predicted molar refractivity (Wildman–Crippen MR) is 141 cm³/mol. The van der Waals surface area contributed by atoms with Gasteiger partial charge in [0.25, 0.3) is 0 Å². The predicted octanol–water partition coefficient (Wildman–Crippen LogP) is -0.132. The first-order valence-electron chi connectivity index (χ1n) is 12.6. The highest BCUT2D eigenvalue weighted by Gasteiger charge is 2.32. The lowest BCUT2D eigenvalue weighted by Crippen LogP contribution is -2.58. The zero-order chi connectivity index (χ0) is 29.3. The number of carbonyl (C=O) groups is 5. The number of H-pyrrole nitrogens is 1. The van der Waals surface area contributed by atoms with Crippen molar-refractivity contribution in [1.82, 2.24) is 20.9 Å². The van der Waals surface area contributed by atoms with E-state index in [1.54, 1.807) is 6.20 Å². The topological polar surface area (TPSA) is 224 Å². The van der Waals surface area contributed by atoms with E-state index in [0.29, 0.717) is 12.0 Å². The molecular formula is C26H37N5O8. The molecule has 9 N–H and O–H groups in total. The first-order valence-corrected chi connectivity index (χ1v) is 12.6. The molecular weight excluding hydrogens is 510 g/mol. The minimum absolute atomic E-state index is 0.0225. The van der Waals surface area contributed by atoms with Crippen LogP contribution < -0.4 is 21.7 Å². The van der Waals surface area contributed by atoms with Crippen molar-refractivity contribution < 1.29 is 39.3 Å². The average molecular weight is 548 g/mol. The van der Waals surface area contributed by atoms with Crippen molar-refractivity contribution >= 4 is 40.6 Å². The summed E-state index contributed by atoms with van der Waals surface area (Å²) in [6, 6.07) is 2.12. The fraction of sp³-hybridized carbons (Fsp3) is 0.500. The van der Waals surface area contributed by atoms with Crippen molar-refractivity contribution in [2.75, 3.05) is 0 Å². The number of aromatic nitrogens is 1. The maximum atomic E-state index is 13.4. The van der Waals surface area contributed by atoms with Crippen LogP contribution >= 0.6 is 0 Å². The highest BCUT2D eigenvalue weighted by Crippen LogP contribution is 2.19. The van der Waals surface area contributed by atoms with Crippen LogP contribution in [0.1, 0.15) is 45.6 Å². The summed E-state index contributed by atoms with van der Waals surface area (Å²) in [5, 5.41) is 36.1. The van der Waals surface area contributed by atoms with Crippen molar-refractivity contribution in [1.29, 1.82) is 0 Å². The number of benzene rings is 1. The number of carbonyl (C=O) groups excluding carboxylic acids is 3. The number of nitrogens with two attached hydrogens (primary N) is 1. The van der Waals surface area contributed by atoms with E-state index < -0.39 is 66.4 Å². The minimum Gasteiger partial charge on any atom is -0.481 e. The Balaban J connectivity index is 2.32. The second-order valence-electron chi connectivity index (χ2n) is 9.92. The van der Waals surface area contributed by atoms with Crippen LogP contribution in [0, 0.1) is 5.92 Å². The van der Waals surface area contributed by atoms with Gasteiger partial charge < -0.3 is 42.0 Å². The molecule has 2 rings (SSSR count). The summed E-state index contributed by atoms with van der Waals surface area (Å²) in [4.78, 5) is 64.8. The Kier molecular flexibility index (Phi) is 11.4. The lowest BCUT2D eigenvalue weighted by atomic mass is 10.0. The molecule has 13 heteroatoms. The zero-order valence-electron chi connectivity index (χ0n) is 22.1. The van der Waals surface area contributed by atoms with Crippen molar-refractivity contribution in [2.45, 2.75) is 76.7 Å². The number of hydrogen-bond donors (Lipinski definition) is 8. The summed E-state index contributed by atoms with van der Waals surface area (Å²) in [7, 11) is 0. The van der Waals surface area contributed by atoms with Gasteiger partial charge in [-0.05, 0) is 37.3 Å². The fourth-order valence-corrected chi connectivity index (χ4v) is 4.07. The van der Waals surface area contributed by atoms with Crippen LogP contribution in [0.5, 0.6) is 0 Å². The molecule has 13 nitrogen and oxygen atoms in total. The van der Waals surface area contributed by atoms with Gasteiger partial charge in [-0.15, -0.1) is 0 Å². The van der Waals surface area contributed by atoms with E-state index in [1.807, 2.05) is 38.1 Å². The molecule has 0 spiro atoms. The third-order valence-electron chi connectivity index (χ3n) is 6.12. The van der Waals surface area contributed by atoms with Crippen molar-refractivity contribution in [3.8, 4) is 0 Å². The summed E-state index contributed by atoms with van der Waals surface area (Å²) < 4.78 is 0. The van der Waals surface area contributed by atoms with Gasteiger partial charge in [-0.1, -0.05) is 32.0 Å². The van der Waals surface area contributed by atoms with Crippen molar-refractivity contribution in [3.63, 3.8) is 0 Å². The molecule has 2 aromatic rings. The van der Waals surface area contributed by atoms with Gasteiger partial charge in [-0.25, -0.2) is 4.79 Å². The van der Waals surface area contributed by atoms with E-state index in [2.05, 4.69) is 20.9 Å². The van der Waals surface area contributed by atoms with E-state index in [1.165, 1.54) is 0 Å². The van der Waals surface area contributed by atoms with E-state index in [9.17, 15) is 34.2 Å². The Labute approximate surface area is 225 Å². The lowest BCUT2D eigenvalue weighted by molar-refractivity contribution is -0.145. The molecule has 5 atom stereocenters. The van der Waals surface area contributed by atoms with E-state index >= 15 is 0 Å². The standard InChI is InChI=1S/C26H37N5O8/c1-13(2)10-17(27)23(35)30-20(11-15-12-28-18-7-5-4-6-16(15)18)25(37)29-19(8-9-21(33)34)24(36)31-22(14(3)32)26(38)39/h4-7,12-14,17,19-20,22,28,32H,8-11,27H2,1-3H3,(H,29,37)(H,30,35)(H,31,36)(H,33,34)(H,38,39). The molecule has 0 aliphatic carbocycles. The highest BCUT2D eigenvalue weighted by atomic mass is 16.4. The number of aliphatic hydroxyl groups is 1. The number of para-hydroxylation sites is 1. The fourth-order valence-electron chi connectivity index (χ4n) is 4.07. The first-order chi connectivity index (χ1) is 18.3.